The van der Waals surface area contributed by atoms with Gasteiger partial charge >= 0.3 is 5.97 Å². The second kappa shape index (κ2) is 7.93. The molecule has 3 N–H and O–H groups in total. The van der Waals surface area contributed by atoms with E-state index < -0.39 is 12.1 Å². The minimum absolute atomic E-state index is 0.445. The van der Waals surface area contributed by atoms with Gasteiger partial charge in [-0.3, -0.25) is 0 Å². The first-order chi connectivity index (χ1) is 10.6. The van der Waals surface area contributed by atoms with Crippen LogP contribution in [0.4, 0.5) is 0 Å². The quantitative estimate of drug-likeness (QED) is 0.608. The Bertz CT molecular complexity index is 632. The van der Waals surface area contributed by atoms with Crippen LogP contribution in [0, 0.1) is 0 Å². The number of carbonyl (C=O) groups is 1. The number of methoxy groups -OCH3 is 1. The maximum Gasteiger partial charge on any atom is 0.356 e. The van der Waals surface area contributed by atoms with E-state index in [0.29, 0.717) is 12.0 Å². The number of hydrogen-bond acceptors (Lipinski definition) is 5. The average Bonchev–Trinajstić information content (AvgIpc) is 2.54. The largest absolute Gasteiger partial charge is 0.496 e. The van der Waals surface area contributed by atoms with Gasteiger partial charge in [-0.2, -0.15) is 0 Å². The number of carbonyl (C=O) groups excluding carboxylic acids is 1. The second-order valence-corrected chi connectivity index (χ2v) is 5.55. The molecule has 0 heterocycles. The van der Waals surface area contributed by atoms with Crippen molar-refractivity contribution in [2.75, 3.05) is 7.11 Å². The summed E-state index contributed by atoms with van der Waals surface area (Å²) in [5.41, 5.74) is 9.86. The first kappa shape index (κ1) is 16.5. The van der Waals surface area contributed by atoms with Gasteiger partial charge in [-0.05, 0) is 35.9 Å². The smallest absolute Gasteiger partial charge is 0.356 e. The van der Waals surface area contributed by atoms with Crippen LogP contribution in [0.25, 0.3) is 0 Å². The Kier molecular flexibility index (Phi) is 5.94. The van der Waals surface area contributed by atoms with E-state index in [1.165, 1.54) is 0 Å². The molecule has 2 aromatic carbocycles. The molecule has 2 aromatic rings. The number of benzene rings is 2. The van der Waals surface area contributed by atoms with Gasteiger partial charge in [0.2, 0.25) is 0 Å². The number of nitrogens with two attached hydrogens (primary N) is 1. The number of hydroxylamine groups is 1. The Balaban J connectivity index is 1.88. The molecule has 1 unspecified atom stereocenters. The Morgan fingerprint density at radius 3 is 2.59 bits per heavy atom. The molecular formula is C16H17BrN2O3. The van der Waals surface area contributed by atoms with Crippen molar-refractivity contribution in [3.8, 4) is 5.75 Å². The molecule has 0 radical (unpaired) electrons. The lowest BCUT2D eigenvalue weighted by Gasteiger charge is -2.15. The van der Waals surface area contributed by atoms with E-state index in [0.717, 1.165) is 15.8 Å². The summed E-state index contributed by atoms with van der Waals surface area (Å²) in [7, 11) is 1.60. The molecule has 116 valence electrons. The first-order valence-electron chi connectivity index (χ1n) is 6.70. The predicted octanol–water partition coefficient (Wildman–Crippen LogP) is 2.65. The van der Waals surface area contributed by atoms with Crippen LogP contribution in [-0.2, 0) is 11.3 Å². The minimum atomic E-state index is -0.532. The fourth-order valence-electron chi connectivity index (χ4n) is 1.92. The van der Waals surface area contributed by atoms with Crippen molar-refractivity contribution >= 4 is 21.9 Å². The summed E-state index contributed by atoms with van der Waals surface area (Å²) in [6.45, 7) is 0. The molecule has 0 aromatic heterocycles. The van der Waals surface area contributed by atoms with Crippen molar-refractivity contribution in [1.29, 1.82) is 0 Å². The molecule has 0 amide bonds. The molecular weight excluding hydrogens is 348 g/mol. The molecule has 1 atom stereocenters. The van der Waals surface area contributed by atoms with Crippen LogP contribution < -0.4 is 16.0 Å². The normalized spacial score (nSPS) is 11.8. The summed E-state index contributed by atoms with van der Waals surface area (Å²) < 4.78 is 6.15. The van der Waals surface area contributed by atoms with Crippen LogP contribution in [0.2, 0.25) is 0 Å². The molecule has 5 nitrogen and oxygen atoms in total. The lowest BCUT2D eigenvalue weighted by atomic mass is 10.1. The maximum absolute atomic E-state index is 11.9. The molecule has 6 heteroatoms. The van der Waals surface area contributed by atoms with Crippen LogP contribution in [0.15, 0.2) is 53.0 Å². The van der Waals surface area contributed by atoms with E-state index in [1.807, 2.05) is 24.3 Å². The van der Waals surface area contributed by atoms with Crippen LogP contribution in [0.5, 0.6) is 5.75 Å². The standard InChI is InChI=1S/C16H17BrN2O3/c1-21-14-5-3-2-4-12(14)10-15(18)19-22-16(20)11-6-8-13(17)9-7-11/h2-9,15,19H,10,18H2,1H3. The summed E-state index contributed by atoms with van der Waals surface area (Å²) in [5.74, 6) is 0.266. The molecule has 0 aliphatic rings. The molecule has 0 saturated heterocycles. The molecule has 0 saturated carbocycles. The van der Waals surface area contributed by atoms with Crippen molar-refractivity contribution in [3.05, 3.63) is 64.1 Å². The molecule has 0 bridgehead atoms. The highest BCUT2D eigenvalue weighted by atomic mass is 79.9. The number of para-hydroxylation sites is 1. The summed E-state index contributed by atoms with van der Waals surface area (Å²) in [6.07, 6.45) is -0.0619. The van der Waals surface area contributed by atoms with E-state index in [-0.39, 0.29) is 0 Å². The number of nitrogens with one attached hydrogen (secondary N) is 1. The first-order valence-corrected chi connectivity index (χ1v) is 7.49. The third-order valence-corrected chi connectivity index (χ3v) is 3.54. The van der Waals surface area contributed by atoms with Crippen LogP contribution in [0.1, 0.15) is 15.9 Å². The van der Waals surface area contributed by atoms with Crippen LogP contribution >= 0.6 is 15.9 Å². The van der Waals surface area contributed by atoms with E-state index in [4.69, 9.17) is 15.3 Å². The van der Waals surface area contributed by atoms with Gasteiger partial charge in [0.25, 0.3) is 0 Å². The lowest BCUT2D eigenvalue weighted by Crippen LogP contribution is -2.40. The summed E-state index contributed by atoms with van der Waals surface area (Å²) >= 11 is 3.31. The zero-order valence-electron chi connectivity index (χ0n) is 12.1. The minimum Gasteiger partial charge on any atom is -0.496 e. The van der Waals surface area contributed by atoms with Gasteiger partial charge in [0, 0.05) is 10.9 Å². The number of hydrogen-bond donors (Lipinski definition) is 2. The number of rotatable bonds is 6. The van der Waals surface area contributed by atoms with Crippen molar-refractivity contribution in [2.24, 2.45) is 5.73 Å². The van der Waals surface area contributed by atoms with E-state index in [1.54, 1.807) is 31.4 Å². The molecule has 22 heavy (non-hydrogen) atoms. The van der Waals surface area contributed by atoms with Crippen molar-refractivity contribution < 1.29 is 14.4 Å². The van der Waals surface area contributed by atoms with Gasteiger partial charge in [-0.15, -0.1) is 5.48 Å². The van der Waals surface area contributed by atoms with Gasteiger partial charge in [0.1, 0.15) is 5.75 Å². The van der Waals surface area contributed by atoms with E-state index in [2.05, 4.69) is 21.4 Å². The van der Waals surface area contributed by atoms with E-state index >= 15 is 0 Å². The fraction of sp³-hybridized carbons (Fsp3) is 0.188. The molecule has 0 spiro atoms. The highest BCUT2D eigenvalue weighted by molar-refractivity contribution is 9.10. The van der Waals surface area contributed by atoms with Crippen LogP contribution in [-0.4, -0.2) is 19.2 Å². The average molecular weight is 365 g/mol. The van der Waals surface area contributed by atoms with Gasteiger partial charge in [-0.25, -0.2) is 4.79 Å². The van der Waals surface area contributed by atoms with Crippen LogP contribution in [0.3, 0.4) is 0 Å². The van der Waals surface area contributed by atoms with E-state index in [9.17, 15) is 4.79 Å². The third kappa shape index (κ3) is 4.56. The van der Waals surface area contributed by atoms with Gasteiger partial charge in [0.05, 0.1) is 18.8 Å². The maximum atomic E-state index is 11.9. The molecule has 0 fully saturated rings. The highest BCUT2D eigenvalue weighted by Gasteiger charge is 2.12. The second-order valence-electron chi connectivity index (χ2n) is 4.64. The van der Waals surface area contributed by atoms with Gasteiger partial charge in [-0.1, -0.05) is 34.1 Å². The van der Waals surface area contributed by atoms with Crippen molar-refractivity contribution in [1.82, 2.24) is 5.48 Å². The highest BCUT2D eigenvalue weighted by Crippen LogP contribution is 2.18. The van der Waals surface area contributed by atoms with Gasteiger partial charge in [0.15, 0.2) is 0 Å². The summed E-state index contributed by atoms with van der Waals surface area (Å²) in [6, 6.07) is 14.4. The fourth-order valence-corrected chi connectivity index (χ4v) is 2.19. The molecule has 0 aliphatic carbocycles. The Morgan fingerprint density at radius 2 is 1.91 bits per heavy atom. The molecule has 0 aliphatic heterocycles. The zero-order valence-corrected chi connectivity index (χ0v) is 13.7. The number of ether oxygens (including phenoxy) is 1. The Morgan fingerprint density at radius 1 is 1.23 bits per heavy atom. The zero-order chi connectivity index (χ0) is 15.9. The Labute approximate surface area is 137 Å². The number of halogens is 1. The van der Waals surface area contributed by atoms with Crippen molar-refractivity contribution in [3.63, 3.8) is 0 Å². The van der Waals surface area contributed by atoms with Gasteiger partial charge < -0.3 is 15.3 Å². The monoisotopic (exact) mass is 364 g/mol. The Hall–Kier alpha value is -1.89. The summed E-state index contributed by atoms with van der Waals surface area (Å²) in [5, 5.41) is 0. The SMILES string of the molecule is COc1ccccc1CC(N)NOC(=O)c1ccc(Br)cc1. The lowest BCUT2D eigenvalue weighted by molar-refractivity contribution is 0.0159. The topological polar surface area (TPSA) is 73.6 Å². The summed E-state index contributed by atoms with van der Waals surface area (Å²) in [4.78, 5) is 16.9. The molecule has 2 rings (SSSR count). The predicted molar refractivity (Wildman–Crippen MR) is 87.4 cm³/mol. The van der Waals surface area contributed by atoms with Crippen molar-refractivity contribution in [2.45, 2.75) is 12.6 Å². The third-order valence-electron chi connectivity index (χ3n) is 3.02.